The third-order valence-corrected chi connectivity index (χ3v) is 6.38. The Bertz CT molecular complexity index is 640. The van der Waals surface area contributed by atoms with Crippen molar-refractivity contribution < 1.29 is 17.9 Å². The van der Waals surface area contributed by atoms with E-state index in [-0.39, 0.29) is 5.75 Å². The lowest BCUT2D eigenvalue weighted by atomic mass is 10.0. The number of morpholine rings is 1. The topological polar surface area (TPSA) is 72.0 Å². The molecule has 3 heterocycles. The highest BCUT2D eigenvalue weighted by atomic mass is 32.2. The van der Waals surface area contributed by atoms with Gasteiger partial charge in [0.2, 0.25) is 10.0 Å². The molecular formula is C16H25N3O4S. The summed E-state index contributed by atoms with van der Waals surface area (Å²) in [4.78, 5) is 6.31. The Balaban J connectivity index is 1.73. The summed E-state index contributed by atoms with van der Waals surface area (Å²) in [6.45, 7) is 6.14. The van der Waals surface area contributed by atoms with Gasteiger partial charge < -0.3 is 9.47 Å². The molecule has 0 unspecified atom stereocenters. The van der Waals surface area contributed by atoms with Crippen molar-refractivity contribution in [2.45, 2.75) is 19.1 Å². The number of ether oxygens (including phenoxy) is 2. The Hall–Kier alpha value is -1.06. The molecule has 2 aliphatic heterocycles. The monoisotopic (exact) mass is 355 g/mol. The maximum atomic E-state index is 12.2. The molecular weight excluding hydrogens is 330 g/mol. The average molecular weight is 355 g/mol. The standard InChI is InChI=1S/C16H25N3O4S/c1-2-24(20,21)19-8-10-23-16(13-19)12-18(7-9-22-14-16)11-15-3-5-17-6-4-15/h3-6H,2,7-14H2,1H3/t16-/m0/s1. The second kappa shape index (κ2) is 7.45. The molecule has 2 aliphatic rings. The van der Waals surface area contributed by atoms with Gasteiger partial charge in [0.25, 0.3) is 0 Å². The lowest BCUT2D eigenvalue weighted by Gasteiger charge is -2.42. The lowest BCUT2D eigenvalue weighted by Crippen LogP contribution is -2.59. The molecule has 0 saturated carbocycles. The Kier molecular flexibility index (Phi) is 5.51. The minimum Gasteiger partial charge on any atom is -0.377 e. The maximum Gasteiger partial charge on any atom is 0.214 e. The molecule has 0 radical (unpaired) electrons. The fourth-order valence-corrected chi connectivity index (χ4v) is 4.43. The van der Waals surface area contributed by atoms with Crippen LogP contribution in [0.2, 0.25) is 0 Å². The van der Waals surface area contributed by atoms with E-state index in [0.717, 1.165) is 13.1 Å². The van der Waals surface area contributed by atoms with E-state index in [1.807, 2.05) is 12.1 Å². The van der Waals surface area contributed by atoms with E-state index in [2.05, 4.69) is 9.88 Å². The fraction of sp³-hybridized carbons (Fsp3) is 0.688. The van der Waals surface area contributed by atoms with Crippen molar-refractivity contribution in [3.05, 3.63) is 30.1 Å². The first-order chi connectivity index (χ1) is 11.5. The van der Waals surface area contributed by atoms with Crippen LogP contribution < -0.4 is 0 Å². The highest BCUT2D eigenvalue weighted by molar-refractivity contribution is 7.89. The van der Waals surface area contributed by atoms with Crippen molar-refractivity contribution in [2.24, 2.45) is 0 Å². The number of hydrogen-bond donors (Lipinski definition) is 0. The van der Waals surface area contributed by atoms with E-state index in [4.69, 9.17) is 9.47 Å². The van der Waals surface area contributed by atoms with Crippen molar-refractivity contribution in [3.8, 4) is 0 Å². The van der Waals surface area contributed by atoms with Gasteiger partial charge >= 0.3 is 0 Å². The maximum absolute atomic E-state index is 12.2. The van der Waals surface area contributed by atoms with E-state index in [0.29, 0.717) is 39.5 Å². The van der Waals surface area contributed by atoms with Crippen LogP contribution in [0.5, 0.6) is 0 Å². The van der Waals surface area contributed by atoms with Gasteiger partial charge in [-0.25, -0.2) is 8.42 Å². The van der Waals surface area contributed by atoms with Gasteiger partial charge in [0.05, 0.1) is 25.6 Å². The predicted molar refractivity (Wildman–Crippen MR) is 90.0 cm³/mol. The Labute approximate surface area is 143 Å². The Morgan fingerprint density at radius 3 is 2.75 bits per heavy atom. The SMILES string of the molecule is CCS(=O)(=O)N1CCO[C@]2(COCCN(Cc3ccncc3)C2)C1. The molecule has 0 bridgehead atoms. The molecule has 0 N–H and O–H groups in total. The van der Waals surface area contributed by atoms with Crippen molar-refractivity contribution in [1.29, 1.82) is 0 Å². The molecule has 1 aromatic rings. The van der Waals surface area contributed by atoms with Gasteiger partial charge in [-0.05, 0) is 24.6 Å². The average Bonchev–Trinajstić information content (AvgIpc) is 2.78. The Morgan fingerprint density at radius 2 is 2.00 bits per heavy atom. The molecule has 7 nitrogen and oxygen atoms in total. The number of pyridine rings is 1. The number of rotatable bonds is 4. The van der Waals surface area contributed by atoms with Gasteiger partial charge in [0.1, 0.15) is 5.60 Å². The molecule has 24 heavy (non-hydrogen) atoms. The normalized spacial score (nSPS) is 27.2. The van der Waals surface area contributed by atoms with Crippen molar-refractivity contribution in [1.82, 2.24) is 14.2 Å². The van der Waals surface area contributed by atoms with Crippen LogP contribution in [0.3, 0.4) is 0 Å². The predicted octanol–water partition coefficient (Wildman–Crippen LogP) is 0.335. The summed E-state index contributed by atoms with van der Waals surface area (Å²) in [6.07, 6.45) is 3.57. The summed E-state index contributed by atoms with van der Waals surface area (Å²) in [5.74, 6) is 0.116. The lowest BCUT2D eigenvalue weighted by molar-refractivity contribution is -0.126. The van der Waals surface area contributed by atoms with Crippen LogP contribution in [0.15, 0.2) is 24.5 Å². The zero-order valence-electron chi connectivity index (χ0n) is 14.1. The second-order valence-electron chi connectivity index (χ2n) is 6.38. The number of nitrogens with zero attached hydrogens (tertiary/aromatic N) is 3. The zero-order chi connectivity index (χ0) is 17.0. The molecule has 2 saturated heterocycles. The van der Waals surface area contributed by atoms with E-state index in [1.54, 1.807) is 23.6 Å². The first-order valence-electron chi connectivity index (χ1n) is 8.34. The minimum absolute atomic E-state index is 0.116. The van der Waals surface area contributed by atoms with Crippen LogP contribution in [0, 0.1) is 0 Å². The highest BCUT2D eigenvalue weighted by Crippen LogP contribution is 2.25. The van der Waals surface area contributed by atoms with E-state index >= 15 is 0 Å². The van der Waals surface area contributed by atoms with Crippen molar-refractivity contribution in [3.63, 3.8) is 0 Å². The molecule has 3 rings (SSSR count). The third kappa shape index (κ3) is 4.12. The van der Waals surface area contributed by atoms with Gasteiger partial charge in [0.15, 0.2) is 0 Å². The van der Waals surface area contributed by atoms with Crippen LogP contribution in [0.1, 0.15) is 12.5 Å². The Morgan fingerprint density at radius 1 is 1.21 bits per heavy atom. The van der Waals surface area contributed by atoms with E-state index in [9.17, 15) is 8.42 Å². The zero-order valence-corrected chi connectivity index (χ0v) is 14.9. The summed E-state index contributed by atoms with van der Waals surface area (Å²) in [6, 6.07) is 3.99. The van der Waals surface area contributed by atoms with Crippen LogP contribution in [0.4, 0.5) is 0 Å². The largest absolute Gasteiger partial charge is 0.377 e. The van der Waals surface area contributed by atoms with Gasteiger partial charge in [-0.3, -0.25) is 9.88 Å². The highest BCUT2D eigenvalue weighted by Gasteiger charge is 2.43. The molecule has 1 spiro atoms. The van der Waals surface area contributed by atoms with E-state index < -0.39 is 15.6 Å². The number of hydrogen-bond acceptors (Lipinski definition) is 6. The quantitative estimate of drug-likeness (QED) is 0.775. The summed E-state index contributed by atoms with van der Waals surface area (Å²) in [5, 5.41) is 0. The summed E-state index contributed by atoms with van der Waals surface area (Å²) in [7, 11) is -3.21. The number of sulfonamides is 1. The molecule has 1 atom stereocenters. The molecule has 134 valence electrons. The van der Waals surface area contributed by atoms with Crippen LogP contribution in [-0.4, -0.2) is 80.0 Å². The molecule has 0 amide bonds. The molecule has 0 aromatic carbocycles. The minimum atomic E-state index is -3.21. The summed E-state index contributed by atoms with van der Waals surface area (Å²) in [5.41, 5.74) is 0.584. The first-order valence-corrected chi connectivity index (χ1v) is 9.95. The van der Waals surface area contributed by atoms with Gasteiger partial charge in [-0.1, -0.05) is 0 Å². The molecule has 0 aliphatic carbocycles. The molecule has 2 fully saturated rings. The summed E-state index contributed by atoms with van der Waals surface area (Å²) < 4.78 is 37.8. The first kappa shape index (κ1) is 17.8. The van der Waals surface area contributed by atoms with E-state index in [1.165, 1.54) is 5.56 Å². The number of aromatic nitrogens is 1. The van der Waals surface area contributed by atoms with Crippen molar-refractivity contribution in [2.75, 3.05) is 51.8 Å². The van der Waals surface area contributed by atoms with Crippen LogP contribution in [0.25, 0.3) is 0 Å². The van der Waals surface area contributed by atoms with Gasteiger partial charge in [-0.2, -0.15) is 4.31 Å². The molecule has 1 aromatic heterocycles. The van der Waals surface area contributed by atoms with Gasteiger partial charge in [-0.15, -0.1) is 0 Å². The van der Waals surface area contributed by atoms with Crippen LogP contribution in [-0.2, 0) is 26.0 Å². The van der Waals surface area contributed by atoms with Gasteiger partial charge in [0, 0.05) is 45.1 Å². The third-order valence-electron chi connectivity index (χ3n) is 4.56. The summed E-state index contributed by atoms with van der Waals surface area (Å²) >= 11 is 0. The van der Waals surface area contributed by atoms with Crippen molar-refractivity contribution >= 4 is 10.0 Å². The van der Waals surface area contributed by atoms with Crippen LogP contribution >= 0.6 is 0 Å². The second-order valence-corrected chi connectivity index (χ2v) is 8.64. The fourth-order valence-electron chi connectivity index (χ4n) is 3.28. The molecule has 8 heteroatoms. The smallest absolute Gasteiger partial charge is 0.214 e.